The molecule has 116 valence electrons. The fraction of sp³-hybridized carbons (Fsp3) is 0.467. The lowest BCUT2D eigenvalue weighted by molar-refractivity contribution is -0.142. The maximum Gasteiger partial charge on any atom is 0.408 e. The number of benzene rings is 1. The van der Waals surface area contributed by atoms with Crippen molar-refractivity contribution < 1.29 is 19.4 Å². The van der Waals surface area contributed by atoms with E-state index in [4.69, 9.17) is 16.3 Å². The third kappa shape index (κ3) is 5.63. The Hall–Kier alpha value is -1.75. The van der Waals surface area contributed by atoms with E-state index in [2.05, 4.69) is 5.32 Å². The van der Waals surface area contributed by atoms with E-state index in [0.717, 1.165) is 0 Å². The molecular weight excluding hydrogens is 294 g/mol. The molecule has 1 aromatic rings. The summed E-state index contributed by atoms with van der Waals surface area (Å²) in [5.41, 5.74) is 0.00123. The van der Waals surface area contributed by atoms with E-state index in [1.54, 1.807) is 45.0 Å². The number of alkyl carbamates (subject to hydrolysis) is 1. The van der Waals surface area contributed by atoms with Gasteiger partial charge in [0, 0.05) is 5.02 Å². The Morgan fingerprint density at radius 2 is 1.76 bits per heavy atom. The molecule has 0 aliphatic carbocycles. The summed E-state index contributed by atoms with van der Waals surface area (Å²) in [4.78, 5) is 23.1. The number of carboxylic acids is 1. The molecule has 5 nitrogen and oxygen atoms in total. The fourth-order valence-electron chi connectivity index (χ4n) is 1.74. The number of nitrogens with one attached hydrogen (secondary N) is 1. The molecular formula is C15H20ClNO4. The Morgan fingerprint density at radius 3 is 2.19 bits per heavy atom. The Labute approximate surface area is 129 Å². The first-order valence-electron chi connectivity index (χ1n) is 6.58. The Bertz CT molecular complexity index is 507. The molecule has 2 unspecified atom stereocenters. The Kier molecular flexibility index (Phi) is 5.61. The lowest BCUT2D eigenvalue weighted by Crippen LogP contribution is -2.39. The molecule has 1 amide bonds. The SMILES string of the molecule is CC(C(=O)O)C(NC(=O)OC(C)(C)C)c1ccc(Cl)cc1. The molecule has 0 bridgehead atoms. The minimum absolute atomic E-state index is 0.540. The minimum atomic E-state index is -1.01. The maximum atomic E-state index is 11.9. The highest BCUT2D eigenvalue weighted by Crippen LogP contribution is 2.24. The highest BCUT2D eigenvalue weighted by Gasteiger charge is 2.28. The number of ether oxygens (including phenoxy) is 1. The number of carboxylic acid groups (broad SMARTS) is 1. The second-order valence-electron chi connectivity index (χ2n) is 5.80. The van der Waals surface area contributed by atoms with Crippen molar-refractivity contribution in [1.82, 2.24) is 5.32 Å². The molecule has 0 radical (unpaired) electrons. The van der Waals surface area contributed by atoms with Crippen LogP contribution in [0.25, 0.3) is 0 Å². The van der Waals surface area contributed by atoms with Gasteiger partial charge in [-0.25, -0.2) is 4.79 Å². The maximum absolute atomic E-state index is 11.9. The van der Waals surface area contributed by atoms with Crippen molar-refractivity contribution in [2.75, 3.05) is 0 Å². The smallest absolute Gasteiger partial charge is 0.408 e. The van der Waals surface area contributed by atoms with Crippen LogP contribution in [-0.2, 0) is 9.53 Å². The van der Waals surface area contributed by atoms with Gasteiger partial charge >= 0.3 is 12.1 Å². The minimum Gasteiger partial charge on any atom is -0.481 e. The zero-order valence-corrected chi connectivity index (χ0v) is 13.3. The van der Waals surface area contributed by atoms with Gasteiger partial charge < -0.3 is 15.2 Å². The van der Waals surface area contributed by atoms with E-state index in [0.29, 0.717) is 10.6 Å². The van der Waals surface area contributed by atoms with Crippen LogP contribution < -0.4 is 5.32 Å². The monoisotopic (exact) mass is 313 g/mol. The Balaban J connectivity index is 2.95. The zero-order chi connectivity index (χ0) is 16.2. The number of hydrogen-bond acceptors (Lipinski definition) is 3. The molecule has 0 fully saturated rings. The molecule has 21 heavy (non-hydrogen) atoms. The third-order valence-corrected chi connectivity index (χ3v) is 3.04. The second kappa shape index (κ2) is 6.80. The second-order valence-corrected chi connectivity index (χ2v) is 6.24. The van der Waals surface area contributed by atoms with Crippen LogP contribution in [0.4, 0.5) is 4.79 Å². The van der Waals surface area contributed by atoms with Crippen LogP contribution in [0.1, 0.15) is 39.3 Å². The van der Waals surface area contributed by atoms with Crippen LogP contribution in [0.5, 0.6) is 0 Å². The number of aliphatic carboxylic acids is 1. The first-order valence-corrected chi connectivity index (χ1v) is 6.96. The average Bonchev–Trinajstić information content (AvgIpc) is 2.34. The van der Waals surface area contributed by atoms with Gasteiger partial charge in [-0.2, -0.15) is 0 Å². The van der Waals surface area contributed by atoms with E-state index in [-0.39, 0.29) is 0 Å². The molecule has 2 atom stereocenters. The van der Waals surface area contributed by atoms with Gasteiger partial charge in [-0.15, -0.1) is 0 Å². The number of rotatable bonds is 4. The average molecular weight is 314 g/mol. The molecule has 1 aromatic carbocycles. The summed E-state index contributed by atoms with van der Waals surface area (Å²) in [6.07, 6.45) is -0.657. The lowest BCUT2D eigenvalue weighted by atomic mass is 9.95. The number of amides is 1. The lowest BCUT2D eigenvalue weighted by Gasteiger charge is -2.26. The molecule has 0 spiro atoms. The van der Waals surface area contributed by atoms with E-state index in [1.807, 2.05) is 0 Å². The van der Waals surface area contributed by atoms with Crippen LogP contribution in [-0.4, -0.2) is 22.8 Å². The van der Waals surface area contributed by atoms with Gasteiger partial charge in [0.15, 0.2) is 0 Å². The van der Waals surface area contributed by atoms with Crippen molar-refractivity contribution >= 4 is 23.7 Å². The molecule has 1 rings (SSSR count). The van der Waals surface area contributed by atoms with Gasteiger partial charge in [0.25, 0.3) is 0 Å². The summed E-state index contributed by atoms with van der Waals surface area (Å²) in [7, 11) is 0. The third-order valence-electron chi connectivity index (χ3n) is 2.79. The molecule has 0 heterocycles. The summed E-state index contributed by atoms with van der Waals surface area (Å²) in [6, 6.07) is 5.97. The summed E-state index contributed by atoms with van der Waals surface area (Å²) in [5.74, 6) is -1.82. The van der Waals surface area contributed by atoms with Crippen LogP contribution in [0.2, 0.25) is 5.02 Å². The Morgan fingerprint density at radius 1 is 1.24 bits per heavy atom. The first kappa shape index (κ1) is 17.3. The standard InChI is InChI=1S/C15H20ClNO4/c1-9(13(18)19)12(10-5-7-11(16)8-6-10)17-14(20)21-15(2,3)4/h5-9,12H,1-4H3,(H,17,20)(H,18,19). The van der Waals surface area contributed by atoms with Crippen molar-refractivity contribution in [2.45, 2.75) is 39.3 Å². The van der Waals surface area contributed by atoms with Crippen molar-refractivity contribution in [3.63, 3.8) is 0 Å². The summed E-state index contributed by atoms with van der Waals surface area (Å²) >= 11 is 5.82. The predicted octanol–water partition coefficient (Wildman–Crippen LogP) is 3.63. The van der Waals surface area contributed by atoms with Crippen LogP contribution in [0.15, 0.2) is 24.3 Å². The molecule has 0 aromatic heterocycles. The molecule has 6 heteroatoms. The van der Waals surface area contributed by atoms with E-state index in [9.17, 15) is 14.7 Å². The summed E-state index contributed by atoms with van der Waals surface area (Å²) in [5, 5.41) is 12.3. The van der Waals surface area contributed by atoms with Gasteiger partial charge in [0.1, 0.15) is 5.60 Å². The molecule has 0 saturated carbocycles. The van der Waals surface area contributed by atoms with Crippen molar-refractivity contribution in [3.8, 4) is 0 Å². The van der Waals surface area contributed by atoms with Gasteiger partial charge in [0.05, 0.1) is 12.0 Å². The number of carbonyl (C=O) groups is 2. The van der Waals surface area contributed by atoms with Gasteiger partial charge in [-0.05, 0) is 45.4 Å². The van der Waals surface area contributed by atoms with Crippen LogP contribution in [0.3, 0.4) is 0 Å². The van der Waals surface area contributed by atoms with Crippen molar-refractivity contribution in [3.05, 3.63) is 34.9 Å². The topological polar surface area (TPSA) is 75.6 Å². The van der Waals surface area contributed by atoms with Crippen molar-refractivity contribution in [1.29, 1.82) is 0 Å². The van der Waals surface area contributed by atoms with Crippen LogP contribution in [0, 0.1) is 5.92 Å². The summed E-state index contributed by atoms with van der Waals surface area (Å²) < 4.78 is 5.17. The van der Waals surface area contributed by atoms with Gasteiger partial charge in [-0.1, -0.05) is 23.7 Å². The highest BCUT2D eigenvalue weighted by atomic mass is 35.5. The normalized spacial score (nSPS) is 14.1. The number of hydrogen-bond donors (Lipinski definition) is 2. The molecule has 0 aliphatic heterocycles. The summed E-state index contributed by atoms with van der Waals surface area (Å²) in [6.45, 7) is 6.75. The van der Waals surface area contributed by atoms with Gasteiger partial charge in [0.2, 0.25) is 0 Å². The fourth-order valence-corrected chi connectivity index (χ4v) is 1.87. The first-order chi connectivity index (χ1) is 9.60. The predicted molar refractivity (Wildman–Crippen MR) is 80.4 cm³/mol. The van der Waals surface area contributed by atoms with Crippen molar-refractivity contribution in [2.24, 2.45) is 5.92 Å². The number of halogens is 1. The molecule has 0 saturated heterocycles. The molecule has 0 aliphatic rings. The molecule has 2 N–H and O–H groups in total. The number of carbonyl (C=O) groups excluding carboxylic acids is 1. The zero-order valence-electron chi connectivity index (χ0n) is 12.5. The quantitative estimate of drug-likeness (QED) is 0.890. The van der Waals surface area contributed by atoms with Crippen LogP contribution >= 0.6 is 11.6 Å². The van der Waals surface area contributed by atoms with E-state index < -0.39 is 29.6 Å². The van der Waals surface area contributed by atoms with Gasteiger partial charge in [-0.3, -0.25) is 4.79 Å². The van der Waals surface area contributed by atoms with E-state index >= 15 is 0 Å². The van der Waals surface area contributed by atoms with E-state index in [1.165, 1.54) is 6.92 Å². The largest absolute Gasteiger partial charge is 0.481 e. The highest BCUT2D eigenvalue weighted by molar-refractivity contribution is 6.30.